The summed E-state index contributed by atoms with van der Waals surface area (Å²) in [6, 6.07) is 21.5. The van der Waals surface area contributed by atoms with Crippen molar-refractivity contribution in [1.82, 2.24) is 5.32 Å². The number of rotatable bonds is 5. The highest BCUT2D eigenvalue weighted by molar-refractivity contribution is 7.99. The number of nitrogens with one attached hydrogen (secondary N) is 1. The number of carbonyl (C=O) groups is 1. The zero-order valence-electron chi connectivity index (χ0n) is 13.7. The first kappa shape index (κ1) is 18.3. The van der Waals surface area contributed by atoms with Gasteiger partial charge in [-0.1, -0.05) is 60.3 Å². The molecule has 0 aromatic heterocycles. The second-order valence-electron chi connectivity index (χ2n) is 5.68. The van der Waals surface area contributed by atoms with Gasteiger partial charge in [-0.05, 0) is 41.0 Å². The third-order valence-electron chi connectivity index (χ3n) is 3.89. The normalized spacial score (nSPS) is 11.5. The summed E-state index contributed by atoms with van der Waals surface area (Å²) in [6.07, 6.45) is -4.54. The number of halogens is 3. The second-order valence-corrected chi connectivity index (χ2v) is 6.80. The van der Waals surface area contributed by atoms with Crippen molar-refractivity contribution in [2.75, 3.05) is 6.54 Å². The topological polar surface area (TPSA) is 29.1 Å². The van der Waals surface area contributed by atoms with Crippen molar-refractivity contribution < 1.29 is 18.0 Å². The Kier molecular flexibility index (Phi) is 5.52. The Balaban J connectivity index is 1.87. The van der Waals surface area contributed by atoms with Crippen LogP contribution in [0.4, 0.5) is 13.2 Å². The molecule has 0 spiro atoms. The van der Waals surface area contributed by atoms with E-state index in [0.29, 0.717) is 6.42 Å². The van der Waals surface area contributed by atoms with Gasteiger partial charge in [0.2, 0.25) is 0 Å². The van der Waals surface area contributed by atoms with Crippen LogP contribution in [0.3, 0.4) is 0 Å². The molecule has 2 nitrogen and oxygen atoms in total. The number of hydrogen-bond donors (Lipinski definition) is 1. The second kappa shape index (κ2) is 7.83. The Bertz CT molecular complexity index is 910. The van der Waals surface area contributed by atoms with Crippen molar-refractivity contribution in [3.8, 4) is 0 Å². The van der Waals surface area contributed by atoms with Crippen molar-refractivity contribution in [1.29, 1.82) is 0 Å². The molecule has 0 radical (unpaired) electrons. The van der Waals surface area contributed by atoms with Crippen LogP contribution >= 0.6 is 11.8 Å². The molecule has 0 fully saturated rings. The van der Waals surface area contributed by atoms with Gasteiger partial charge in [0.1, 0.15) is 0 Å². The summed E-state index contributed by atoms with van der Waals surface area (Å²) in [6.45, 7) is -0.0747. The number of fused-ring (bicyclic) bond motifs is 1. The number of alkyl halides is 3. The van der Waals surface area contributed by atoms with Crippen LogP contribution in [0.5, 0.6) is 0 Å². The number of hydrogen-bond acceptors (Lipinski definition) is 2. The molecule has 1 amide bonds. The summed E-state index contributed by atoms with van der Waals surface area (Å²) in [5.74, 6) is -1.91. The average molecular weight is 375 g/mol. The molecule has 0 aliphatic carbocycles. The molecule has 0 saturated heterocycles. The highest BCUT2D eigenvalue weighted by atomic mass is 32.2. The van der Waals surface area contributed by atoms with Crippen molar-refractivity contribution in [3.63, 3.8) is 0 Å². The molecular formula is C20H16F3NOS. The van der Waals surface area contributed by atoms with Crippen LogP contribution in [0.15, 0.2) is 76.5 Å². The maximum Gasteiger partial charge on any atom is 0.471 e. The van der Waals surface area contributed by atoms with Gasteiger partial charge in [-0.3, -0.25) is 4.79 Å². The van der Waals surface area contributed by atoms with Gasteiger partial charge in [0.25, 0.3) is 0 Å². The fourth-order valence-corrected chi connectivity index (χ4v) is 3.70. The van der Waals surface area contributed by atoms with Crippen LogP contribution in [0.25, 0.3) is 10.8 Å². The van der Waals surface area contributed by atoms with Crippen LogP contribution in [0, 0.1) is 0 Å². The van der Waals surface area contributed by atoms with Crippen LogP contribution in [-0.2, 0) is 11.2 Å². The summed E-state index contributed by atoms with van der Waals surface area (Å²) >= 11 is 1.56. The van der Waals surface area contributed by atoms with Gasteiger partial charge in [-0.25, -0.2) is 0 Å². The van der Waals surface area contributed by atoms with E-state index in [9.17, 15) is 18.0 Å². The Hall–Kier alpha value is -2.47. The third-order valence-corrected chi connectivity index (χ3v) is 5.00. The van der Waals surface area contributed by atoms with Crippen molar-refractivity contribution in [3.05, 3.63) is 72.3 Å². The molecule has 0 bridgehead atoms. The molecule has 134 valence electrons. The van der Waals surface area contributed by atoms with E-state index < -0.39 is 12.1 Å². The molecule has 3 rings (SSSR count). The minimum absolute atomic E-state index is 0.0747. The first-order valence-corrected chi connectivity index (χ1v) is 8.85. The highest BCUT2D eigenvalue weighted by Gasteiger charge is 2.38. The summed E-state index contributed by atoms with van der Waals surface area (Å²) in [7, 11) is 0. The number of amides is 1. The van der Waals surface area contributed by atoms with E-state index in [1.807, 2.05) is 72.0 Å². The largest absolute Gasteiger partial charge is 0.471 e. The molecule has 0 unspecified atom stereocenters. The summed E-state index contributed by atoms with van der Waals surface area (Å²) in [5, 5.41) is 3.95. The molecule has 3 aromatic carbocycles. The summed E-state index contributed by atoms with van der Waals surface area (Å²) in [4.78, 5) is 13.1. The summed E-state index contributed by atoms with van der Waals surface area (Å²) < 4.78 is 37.1. The lowest BCUT2D eigenvalue weighted by atomic mass is 10.0. The van der Waals surface area contributed by atoms with Gasteiger partial charge in [-0.2, -0.15) is 13.2 Å². The van der Waals surface area contributed by atoms with E-state index in [2.05, 4.69) is 0 Å². The van der Waals surface area contributed by atoms with Crippen molar-refractivity contribution >= 4 is 28.4 Å². The zero-order valence-corrected chi connectivity index (χ0v) is 14.5. The molecule has 0 heterocycles. The minimum Gasteiger partial charge on any atom is -0.348 e. The average Bonchev–Trinajstić information content (AvgIpc) is 2.63. The lowest BCUT2D eigenvalue weighted by molar-refractivity contribution is -0.173. The first-order valence-electron chi connectivity index (χ1n) is 8.04. The molecule has 26 heavy (non-hydrogen) atoms. The fraction of sp³-hybridized carbons (Fsp3) is 0.150. The zero-order chi connectivity index (χ0) is 18.6. The molecular weight excluding hydrogens is 359 g/mol. The maximum absolute atomic E-state index is 12.4. The van der Waals surface area contributed by atoms with Gasteiger partial charge >= 0.3 is 12.1 Å². The quantitative estimate of drug-likeness (QED) is 0.663. The van der Waals surface area contributed by atoms with Crippen LogP contribution < -0.4 is 5.32 Å². The monoisotopic (exact) mass is 375 g/mol. The Labute approximate surface area is 153 Å². The molecule has 6 heteroatoms. The molecule has 1 N–H and O–H groups in total. The fourth-order valence-electron chi connectivity index (χ4n) is 2.69. The van der Waals surface area contributed by atoms with E-state index in [0.717, 1.165) is 26.1 Å². The van der Waals surface area contributed by atoms with Gasteiger partial charge in [0.05, 0.1) is 0 Å². The smallest absolute Gasteiger partial charge is 0.348 e. The molecule has 0 aliphatic rings. The van der Waals surface area contributed by atoms with Crippen molar-refractivity contribution in [2.45, 2.75) is 22.4 Å². The number of benzene rings is 3. The van der Waals surface area contributed by atoms with Gasteiger partial charge in [0.15, 0.2) is 0 Å². The SMILES string of the molecule is O=C(NCCc1c(Sc2ccccc2)ccc2ccccc12)C(F)(F)F. The van der Waals surface area contributed by atoms with Crippen LogP contribution in [0.1, 0.15) is 5.56 Å². The van der Waals surface area contributed by atoms with E-state index in [1.165, 1.54) is 0 Å². The predicted molar refractivity (Wildman–Crippen MR) is 97.3 cm³/mol. The third kappa shape index (κ3) is 4.38. The van der Waals surface area contributed by atoms with Crippen LogP contribution in [0.2, 0.25) is 0 Å². The van der Waals surface area contributed by atoms with Gasteiger partial charge in [-0.15, -0.1) is 0 Å². The highest BCUT2D eigenvalue weighted by Crippen LogP contribution is 2.34. The van der Waals surface area contributed by atoms with E-state index in [4.69, 9.17) is 0 Å². The first-order chi connectivity index (χ1) is 12.4. The predicted octanol–water partition coefficient (Wildman–Crippen LogP) is 5.21. The maximum atomic E-state index is 12.4. The standard InChI is InChI=1S/C20H16F3NOS/c21-20(22,23)19(25)24-13-12-17-16-9-5-4-6-14(16)10-11-18(17)26-15-7-2-1-3-8-15/h1-11H,12-13H2,(H,24,25). The number of carbonyl (C=O) groups excluding carboxylic acids is 1. The van der Waals surface area contributed by atoms with E-state index in [-0.39, 0.29) is 6.54 Å². The van der Waals surface area contributed by atoms with E-state index >= 15 is 0 Å². The minimum atomic E-state index is -4.86. The summed E-state index contributed by atoms with van der Waals surface area (Å²) in [5.41, 5.74) is 0.930. The van der Waals surface area contributed by atoms with Gasteiger partial charge in [0, 0.05) is 16.3 Å². The lowest BCUT2D eigenvalue weighted by Crippen LogP contribution is -2.37. The van der Waals surface area contributed by atoms with Crippen molar-refractivity contribution in [2.24, 2.45) is 0 Å². The van der Waals surface area contributed by atoms with Crippen LogP contribution in [-0.4, -0.2) is 18.6 Å². The Morgan fingerprint density at radius 3 is 2.35 bits per heavy atom. The van der Waals surface area contributed by atoms with E-state index in [1.54, 1.807) is 11.8 Å². The Morgan fingerprint density at radius 1 is 0.923 bits per heavy atom. The molecule has 0 atom stereocenters. The molecule has 3 aromatic rings. The molecule has 0 saturated carbocycles. The van der Waals surface area contributed by atoms with Gasteiger partial charge < -0.3 is 5.32 Å². The lowest BCUT2D eigenvalue weighted by Gasteiger charge is -2.14. The Morgan fingerprint density at radius 2 is 1.62 bits per heavy atom. The molecule has 0 aliphatic heterocycles.